The Hall–Kier alpha value is -1.22. The Bertz CT molecular complexity index is 302. The van der Waals surface area contributed by atoms with E-state index in [0.29, 0.717) is 13.2 Å². The zero-order valence-electron chi connectivity index (χ0n) is 10.4. The molecule has 3 nitrogen and oxygen atoms in total. The van der Waals surface area contributed by atoms with Crippen LogP contribution in [0.25, 0.3) is 0 Å². The van der Waals surface area contributed by atoms with Crippen molar-refractivity contribution in [2.45, 2.75) is 13.3 Å². The first kappa shape index (κ1) is 12.8. The summed E-state index contributed by atoms with van der Waals surface area (Å²) in [5.74, 6) is 0.900. The summed E-state index contributed by atoms with van der Waals surface area (Å²) in [6, 6.07) is 8.15. The Labute approximate surface area is 98.0 Å². The van der Waals surface area contributed by atoms with E-state index in [4.69, 9.17) is 9.47 Å². The van der Waals surface area contributed by atoms with Crippen molar-refractivity contribution in [2.75, 3.05) is 38.8 Å². The van der Waals surface area contributed by atoms with Gasteiger partial charge < -0.3 is 14.4 Å². The molecule has 0 saturated heterocycles. The van der Waals surface area contributed by atoms with Crippen molar-refractivity contribution in [1.29, 1.82) is 0 Å². The van der Waals surface area contributed by atoms with Crippen molar-refractivity contribution in [3.8, 4) is 5.75 Å². The molecule has 0 aliphatic heterocycles. The molecule has 1 aromatic rings. The van der Waals surface area contributed by atoms with Crippen LogP contribution in [0, 0.1) is 0 Å². The lowest BCUT2D eigenvalue weighted by molar-refractivity contribution is 0.146. The van der Waals surface area contributed by atoms with Crippen LogP contribution in [0.5, 0.6) is 5.75 Å². The van der Waals surface area contributed by atoms with Gasteiger partial charge in [-0.1, -0.05) is 13.0 Å². The summed E-state index contributed by atoms with van der Waals surface area (Å²) in [7, 11) is 3.77. The minimum atomic E-state index is 0.595. The summed E-state index contributed by atoms with van der Waals surface area (Å²) in [5.41, 5.74) is 1.19. The van der Waals surface area contributed by atoms with Crippen LogP contribution in [0.15, 0.2) is 24.3 Å². The van der Waals surface area contributed by atoms with Crippen LogP contribution in [-0.4, -0.2) is 33.9 Å². The summed E-state index contributed by atoms with van der Waals surface area (Å²) in [6.07, 6.45) is 1.14. The molecule has 0 aliphatic carbocycles. The number of hydrogen-bond donors (Lipinski definition) is 0. The number of methoxy groups -OCH3 is 1. The van der Waals surface area contributed by atoms with Crippen LogP contribution in [0.2, 0.25) is 0 Å². The molecule has 0 bridgehead atoms. The van der Waals surface area contributed by atoms with E-state index in [1.165, 1.54) is 5.69 Å². The normalized spacial score (nSPS) is 10.2. The summed E-state index contributed by atoms with van der Waals surface area (Å²) >= 11 is 0. The Kier molecular flexibility index (Phi) is 5.72. The minimum absolute atomic E-state index is 0.595. The SMILES string of the molecule is CCCN(C)c1cccc(OCCOC)c1. The van der Waals surface area contributed by atoms with Gasteiger partial charge in [0.15, 0.2) is 0 Å². The van der Waals surface area contributed by atoms with Gasteiger partial charge in [0.1, 0.15) is 12.4 Å². The van der Waals surface area contributed by atoms with Gasteiger partial charge in [0.25, 0.3) is 0 Å². The third-order valence-corrected chi connectivity index (χ3v) is 2.37. The molecule has 0 unspecified atom stereocenters. The molecule has 3 heteroatoms. The molecule has 0 amide bonds. The van der Waals surface area contributed by atoms with E-state index >= 15 is 0 Å². The maximum absolute atomic E-state index is 5.56. The zero-order valence-corrected chi connectivity index (χ0v) is 10.4. The first-order chi connectivity index (χ1) is 7.77. The van der Waals surface area contributed by atoms with Gasteiger partial charge in [0, 0.05) is 32.5 Å². The monoisotopic (exact) mass is 223 g/mol. The molecule has 0 heterocycles. The quantitative estimate of drug-likeness (QED) is 0.663. The average Bonchev–Trinajstić information content (AvgIpc) is 2.30. The molecule has 0 aromatic heterocycles. The van der Waals surface area contributed by atoms with Crippen LogP contribution in [-0.2, 0) is 4.74 Å². The molecule has 0 spiro atoms. The second-order valence-electron chi connectivity index (χ2n) is 3.76. The molecule has 90 valence electrons. The van der Waals surface area contributed by atoms with Crippen molar-refractivity contribution in [3.05, 3.63) is 24.3 Å². The molecular formula is C13H21NO2. The fourth-order valence-corrected chi connectivity index (χ4v) is 1.52. The van der Waals surface area contributed by atoms with Gasteiger partial charge in [-0.25, -0.2) is 0 Å². The van der Waals surface area contributed by atoms with E-state index in [-0.39, 0.29) is 0 Å². The number of nitrogens with zero attached hydrogens (tertiary/aromatic N) is 1. The van der Waals surface area contributed by atoms with E-state index in [2.05, 4.69) is 31.0 Å². The van der Waals surface area contributed by atoms with Crippen molar-refractivity contribution >= 4 is 5.69 Å². The number of rotatable bonds is 7. The smallest absolute Gasteiger partial charge is 0.121 e. The lowest BCUT2D eigenvalue weighted by Gasteiger charge is -2.19. The summed E-state index contributed by atoms with van der Waals surface area (Å²) in [5, 5.41) is 0. The third-order valence-electron chi connectivity index (χ3n) is 2.37. The molecule has 16 heavy (non-hydrogen) atoms. The molecule has 0 saturated carbocycles. The average molecular weight is 223 g/mol. The number of ether oxygens (including phenoxy) is 2. The second kappa shape index (κ2) is 7.12. The topological polar surface area (TPSA) is 21.7 Å². The minimum Gasteiger partial charge on any atom is -0.491 e. The zero-order chi connectivity index (χ0) is 11.8. The van der Waals surface area contributed by atoms with E-state index in [1.807, 2.05) is 12.1 Å². The van der Waals surface area contributed by atoms with E-state index < -0.39 is 0 Å². The Balaban J connectivity index is 2.56. The van der Waals surface area contributed by atoms with Crippen LogP contribution in [0.1, 0.15) is 13.3 Å². The van der Waals surface area contributed by atoms with Gasteiger partial charge in [0.2, 0.25) is 0 Å². The Morgan fingerprint density at radius 3 is 2.75 bits per heavy atom. The van der Waals surface area contributed by atoms with Gasteiger partial charge in [-0.15, -0.1) is 0 Å². The maximum Gasteiger partial charge on any atom is 0.121 e. The lowest BCUT2D eigenvalue weighted by atomic mass is 10.2. The predicted octanol–water partition coefficient (Wildman–Crippen LogP) is 2.56. The molecule has 0 fully saturated rings. The molecule has 0 atom stereocenters. The van der Waals surface area contributed by atoms with Crippen molar-refractivity contribution in [2.24, 2.45) is 0 Å². The number of anilines is 1. The second-order valence-corrected chi connectivity index (χ2v) is 3.76. The van der Waals surface area contributed by atoms with Gasteiger partial charge in [-0.2, -0.15) is 0 Å². The van der Waals surface area contributed by atoms with Crippen molar-refractivity contribution in [3.63, 3.8) is 0 Å². The molecule has 0 radical (unpaired) electrons. The standard InChI is InChI=1S/C13H21NO2/c1-4-8-14(2)12-6-5-7-13(11-12)16-10-9-15-3/h5-7,11H,4,8-10H2,1-3H3. The van der Waals surface area contributed by atoms with Crippen LogP contribution in [0.4, 0.5) is 5.69 Å². The number of benzene rings is 1. The van der Waals surface area contributed by atoms with E-state index in [0.717, 1.165) is 18.7 Å². The largest absolute Gasteiger partial charge is 0.491 e. The van der Waals surface area contributed by atoms with Gasteiger partial charge >= 0.3 is 0 Å². The maximum atomic E-state index is 5.56. The van der Waals surface area contributed by atoms with Crippen molar-refractivity contribution in [1.82, 2.24) is 0 Å². The molecular weight excluding hydrogens is 202 g/mol. The Morgan fingerprint density at radius 1 is 1.25 bits per heavy atom. The van der Waals surface area contributed by atoms with E-state index in [9.17, 15) is 0 Å². The third kappa shape index (κ3) is 4.11. The highest BCUT2D eigenvalue weighted by Crippen LogP contribution is 2.20. The summed E-state index contributed by atoms with van der Waals surface area (Å²) in [4.78, 5) is 2.23. The first-order valence-corrected chi connectivity index (χ1v) is 5.71. The highest BCUT2D eigenvalue weighted by molar-refractivity contribution is 5.49. The highest BCUT2D eigenvalue weighted by atomic mass is 16.5. The predicted molar refractivity (Wildman–Crippen MR) is 67.4 cm³/mol. The van der Waals surface area contributed by atoms with Crippen LogP contribution < -0.4 is 9.64 Å². The fraction of sp³-hybridized carbons (Fsp3) is 0.538. The van der Waals surface area contributed by atoms with Crippen LogP contribution in [0.3, 0.4) is 0 Å². The van der Waals surface area contributed by atoms with Crippen molar-refractivity contribution < 1.29 is 9.47 Å². The molecule has 1 aromatic carbocycles. The Morgan fingerprint density at radius 2 is 2.06 bits per heavy atom. The van der Waals surface area contributed by atoms with Gasteiger partial charge in [-0.3, -0.25) is 0 Å². The lowest BCUT2D eigenvalue weighted by Crippen LogP contribution is -2.17. The molecule has 0 N–H and O–H groups in total. The van der Waals surface area contributed by atoms with Gasteiger partial charge in [-0.05, 0) is 18.6 Å². The summed E-state index contributed by atoms with van der Waals surface area (Å²) < 4.78 is 10.5. The fourth-order valence-electron chi connectivity index (χ4n) is 1.52. The number of hydrogen-bond acceptors (Lipinski definition) is 3. The van der Waals surface area contributed by atoms with Gasteiger partial charge in [0.05, 0.1) is 6.61 Å². The first-order valence-electron chi connectivity index (χ1n) is 5.71. The van der Waals surface area contributed by atoms with Crippen LogP contribution >= 0.6 is 0 Å². The molecule has 0 aliphatic rings. The summed E-state index contributed by atoms with van der Waals surface area (Å²) in [6.45, 7) is 4.45. The van der Waals surface area contributed by atoms with E-state index in [1.54, 1.807) is 7.11 Å². The highest BCUT2D eigenvalue weighted by Gasteiger charge is 2.01. The molecule has 1 rings (SSSR count).